The lowest BCUT2D eigenvalue weighted by molar-refractivity contribution is 0.669. The molecular formula is C52H36N2O. The zero-order valence-electron chi connectivity index (χ0n) is 30.1. The van der Waals surface area contributed by atoms with Gasteiger partial charge >= 0.3 is 0 Å². The second kappa shape index (κ2) is 12.8. The Morgan fingerprint density at radius 1 is 0.527 bits per heavy atom. The SMILES string of the molecule is C1=CC(c2ccccc2)CC=C1N(c1ccc(-c2ccc(-n3c4ccccc4c4cc5ccccc5cc43)cc2)cc1)c1cccc2oc3ccccc3c12. The molecule has 260 valence electrons. The number of aromatic nitrogens is 1. The Morgan fingerprint density at radius 2 is 1.20 bits per heavy atom. The number of allylic oxidation sites excluding steroid dienone is 3. The van der Waals surface area contributed by atoms with Gasteiger partial charge in [0.25, 0.3) is 0 Å². The first-order valence-electron chi connectivity index (χ1n) is 19.0. The van der Waals surface area contributed by atoms with Crippen molar-refractivity contribution in [2.24, 2.45) is 0 Å². The molecule has 55 heavy (non-hydrogen) atoms. The normalized spacial score (nSPS) is 14.3. The molecule has 1 aliphatic carbocycles. The Hall–Kier alpha value is -7.10. The topological polar surface area (TPSA) is 21.3 Å². The fraction of sp³-hybridized carbons (Fsp3) is 0.0385. The Bertz CT molecular complexity index is 3110. The molecule has 0 amide bonds. The van der Waals surface area contributed by atoms with Crippen LogP contribution < -0.4 is 4.90 Å². The lowest BCUT2D eigenvalue weighted by Gasteiger charge is -2.30. The number of rotatable bonds is 6. The summed E-state index contributed by atoms with van der Waals surface area (Å²) >= 11 is 0. The fourth-order valence-electron chi connectivity index (χ4n) is 8.63. The maximum atomic E-state index is 6.36. The Morgan fingerprint density at radius 3 is 1.98 bits per heavy atom. The van der Waals surface area contributed by atoms with E-state index in [1.807, 2.05) is 6.07 Å². The second-order valence-corrected chi connectivity index (χ2v) is 14.5. The number of benzene rings is 8. The highest BCUT2D eigenvalue weighted by molar-refractivity contribution is 6.14. The predicted octanol–water partition coefficient (Wildman–Crippen LogP) is 14.3. The average Bonchev–Trinajstić information content (AvgIpc) is 3.80. The molecule has 0 saturated heterocycles. The smallest absolute Gasteiger partial charge is 0.137 e. The van der Waals surface area contributed by atoms with Crippen molar-refractivity contribution in [1.29, 1.82) is 0 Å². The van der Waals surface area contributed by atoms with Crippen molar-refractivity contribution in [3.05, 3.63) is 211 Å². The van der Waals surface area contributed by atoms with E-state index in [4.69, 9.17) is 4.42 Å². The van der Waals surface area contributed by atoms with Crippen molar-refractivity contribution in [2.45, 2.75) is 12.3 Å². The molecule has 1 aliphatic rings. The van der Waals surface area contributed by atoms with Gasteiger partial charge in [0, 0.05) is 39.1 Å². The molecule has 0 aliphatic heterocycles. The number of nitrogens with zero attached hydrogens (tertiary/aromatic N) is 2. The fourth-order valence-corrected chi connectivity index (χ4v) is 8.63. The summed E-state index contributed by atoms with van der Waals surface area (Å²) in [6, 6.07) is 65.5. The highest BCUT2D eigenvalue weighted by Gasteiger charge is 2.22. The maximum Gasteiger partial charge on any atom is 0.137 e. The number of hydrogen-bond acceptors (Lipinski definition) is 2. The summed E-state index contributed by atoms with van der Waals surface area (Å²) in [7, 11) is 0. The lowest BCUT2D eigenvalue weighted by Crippen LogP contribution is -2.17. The van der Waals surface area contributed by atoms with Crippen LogP contribution in [0.25, 0.3) is 71.3 Å². The van der Waals surface area contributed by atoms with E-state index < -0.39 is 0 Å². The van der Waals surface area contributed by atoms with E-state index in [9.17, 15) is 0 Å². The van der Waals surface area contributed by atoms with E-state index in [1.165, 1.54) is 49.3 Å². The molecule has 2 aromatic heterocycles. The van der Waals surface area contributed by atoms with E-state index in [0.29, 0.717) is 5.92 Å². The van der Waals surface area contributed by atoms with Gasteiger partial charge in [-0.3, -0.25) is 0 Å². The molecule has 0 fully saturated rings. The number of fused-ring (bicyclic) bond motifs is 7. The van der Waals surface area contributed by atoms with Crippen LogP contribution >= 0.6 is 0 Å². The zero-order chi connectivity index (χ0) is 36.3. The molecule has 1 atom stereocenters. The minimum Gasteiger partial charge on any atom is -0.456 e. The van der Waals surface area contributed by atoms with Gasteiger partial charge in [0.15, 0.2) is 0 Å². The molecule has 0 spiro atoms. The van der Waals surface area contributed by atoms with Crippen molar-refractivity contribution in [3.8, 4) is 16.8 Å². The van der Waals surface area contributed by atoms with Crippen LogP contribution in [0.4, 0.5) is 11.4 Å². The molecule has 2 heterocycles. The number of hydrogen-bond donors (Lipinski definition) is 0. The van der Waals surface area contributed by atoms with Gasteiger partial charge in [-0.25, -0.2) is 0 Å². The molecule has 3 heteroatoms. The molecule has 3 nitrogen and oxygen atoms in total. The molecule has 0 radical (unpaired) electrons. The highest BCUT2D eigenvalue weighted by atomic mass is 16.3. The van der Waals surface area contributed by atoms with Crippen LogP contribution in [-0.2, 0) is 0 Å². The van der Waals surface area contributed by atoms with Gasteiger partial charge in [-0.2, -0.15) is 0 Å². The van der Waals surface area contributed by atoms with E-state index in [0.717, 1.165) is 51.1 Å². The van der Waals surface area contributed by atoms with Crippen LogP contribution in [0.2, 0.25) is 0 Å². The third-order valence-electron chi connectivity index (χ3n) is 11.3. The van der Waals surface area contributed by atoms with Crippen molar-refractivity contribution in [2.75, 3.05) is 4.90 Å². The summed E-state index contributed by atoms with van der Waals surface area (Å²) in [4.78, 5) is 2.39. The number of para-hydroxylation sites is 2. The van der Waals surface area contributed by atoms with E-state index in [-0.39, 0.29) is 0 Å². The van der Waals surface area contributed by atoms with Crippen molar-refractivity contribution < 1.29 is 4.42 Å². The molecule has 0 bridgehead atoms. The summed E-state index contributed by atoms with van der Waals surface area (Å²) in [5.41, 5.74) is 12.4. The Balaban J connectivity index is 0.976. The predicted molar refractivity (Wildman–Crippen MR) is 231 cm³/mol. The van der Waals surface area contributed by atoms with Gasteiger partial charge in [0.2, 0.25) is 0 Å². The van der Waals surface area contributed by atoms with Gasteiger partial charge < -0.3 is 13.9 Å². The number of furan rings is 1. The minimum atomic E-state index is 0.351. The first-order chi connectivity index (χ1) is 27.3. The van der Waals surface area contributed by atoms with Gasteiger partial charge in [-0.1, -0.05) is 133 Å². The van der Waals surface area contributed by atoms with Gasteiger partial charge in [-0.15, -0.1) is 0 Å². The van der Waals surface area contributed by atoms with Gasteiger partial charge in [0.05, 0.1) is 22.1 Å². The van der Waals surface area contributed by atoms with Crippen LogP contribution in [0, 0.1) is 0 Å². The van der Waals surface area contributed by atoms with Crippen molar-refractivity contribution in [1.82, 2.24) is 4.57 Å². The molecule has 10 aromatic rings. The average molecular weight is 705 g/mol. The largest absolute Gasteiger partial charge is 0.456 e. The van der Waals surface area contributed by atoms with Gasteiger partial charge in [-0.05, 0) is 101 Å². The summed E-state index contributed by atoms with van der Waals surface area (Å²) in [5.74, 6) is 0.351. The van der Waals surface area contributed by atoms with Gasteiger partial charge in [0.1, 0.15) is 11.2 Å². The van der Waals surface area contributed by atoms with Crippen LogP contribution in [-0.4, -0.2) is 4.57 Å². The van der Waals surface area contributed by atoms with Crippen molar-refractivity contribution >= 4 is 65.9 Å². The number of anilines is 2. The third kappa shape index (κ3) is 5.27. The highest BCUT2D eigenvalue weighted by Crippen LogP contribution is 2.43. The van der Waals surface area contributed by atoms with Crippen LogP contribution in [0.15, 0.2) is 210 Å². The Kier molecular flexibility index (Phi) is 7.31. The molecular weight excluding hydrogens is 669 g/mol. The lowest BCUT2D eigenvalue weighted by atomic mass is 9.91. The zero-order valence-corrected chi connectivity index (χ0v) is 30.1. The van der Waals surface area contributed by atoms with E-state index in [2.05, 4.69) is 204 Å². The van der Waals surface area contributed by atoms with Crippen LogP contribution in [0.5, 0.6) is 0 Å². The van der Waals surface area contributed by atoms with Crippen molar-refractivity contribution in [3.63, 3.8) is 0 Å². The quantitative estimate of drug-likeness (QED) is 0.172. The monoisotopic (exact) mass is 704 g/mol. The molecule has 0 N–H and O–H groups in total. The summed E-state index contributed by atoms with van der Waals surface area (Å²) in [6.45, 7) is 0. The first kappa shape index (κ1) is 31.4. The van der Waals surface area contributed by atoms with E-state index in [1.54, 1.807) is 0 Å². The standard InChI is InChI=1S/C52H36N2O/c1-2-11-35(12-3-1)36-21-27-41(28-22-36)53(48-18-10-20-51-52(48)45-16-7-9-19-50(45)55-51)42-29-23-37(24-30-42)38-25-31-43(32-26-38)54-47-17-8-6-15-44(47)46-33-39-13-4-5-14-40(39)34-49(46)54/h1-21,23-34,36H,22H2. The molecule has 8 aromatic carbocycles. The van der Waals surface area contributed by atoms with Crippen LogP contribution in [0.1, 0.15) is 17.9 Å². The molecule has 0 saturated carbocycles. The molecule has 11 rings (SSSR count). The second-order valence-electron chi connectivity index (χ2n) is 14.5. The molecule has 1 unspecified atom stereocenters. The Labute approximate surface area is 319 Å². The minimum absolute atomic E-state index is 0.351. The summed E-state index contributed by atoms with van der Waals surface area (Å²) < 4.78 is 8.75. The summed E-state index contributed by atoms with van der Waals surface area (Å²) in [6.07, 6.45) is 7.94. The summed E-state index contributed by atoms with van der Waals surface area (Å²) in [5, 5.41) is 7.29. The maximum absolute atomic E-state index is 6.36. The first-order valence-corrected chi connectivity index (χ1v) is 19.0. The van der Waals surface area contributed by atoms with Crippen LogP contribution in [0.3, 0.4) is 0 Å². The third-order valence-corrected chi connectivity index (χ3v) is 11.3. The van der Waals surface area contributed by atoms with E-state index >= 15 is 0 Å².